The molecule has 0 fully saturated rings. The monoisotopic (exact) mass is 370 g/mol. The first-order valence-electron chi connectivity index (χ1n) is 8.32. The van der Waals surface area contributed by atoms with Crippen LogP contribution in [0.3, 0.4) is 0 Å². The summed E-state index contributed by atoms with van der Waals surface area (Å²) < 4.78 is 39.7. The molecule has 2 aromatic carbocycles. The molecular weight excluding hydrogens is 347 g/mol. The molecule has 130 valence electrons. The van der Waals surface area contributed by atoms with Crippen molar-refractivity contribution in [3.63, 3.8) is 0 Å². The Balaban J connectivity index is 0.00000312. The van der Waals surface area contributed by atoms with E-state index in [4.69, 9.17) is 4.74 Å². The van der Waals surface area contributed by atoms with E-state index >= 15 is 0 Å². The number of aryl methyl sites for hydroxylation is 1. The summed E-state index contributed by atoms with van der Waals surface area (Å²) in [7, 11) is -4.46. The molecule has 2 aromatic rings. The van der Waals surface area contributed by atoms with Crippen LogP contribution in [-0.4, -0.2) is 13.0 Å². The van der Waals surface area contributed by atoms with E-state index in [9.17, 15) is 13.0 Å². The van der Waals surface area contributed by atoms with Gasteiger partial charge in [-0.3, -0.25) is 0 Å². The number of hydrogen-bond donors (Lipinski definition) is 0. The number of ether oxygens (including phenoxy) is 1. The largest absolute Gasteiger partial charge is 1.00 e. The van der Waals surface area contributed by atoms with Gasteiger partial charge in [0.1, 0.15) is 21.6 Å². The van der Waals surface area contributed by atoms with Crippen LogP contribution < -0.4 is 34.3 Å². The molecule has 0 unspecified atom stereocenters. The van der Waals surface area contributed by atoms with E-state index in [1.807, 2.05) is 30.3 Å². The third-order valence-corrected chi connectivity index (χ3v) is 4.67. The quantitative estimate of drug-likeness (QED) is 0.384. The molecule has 0 saturated carbocycles. The van der Waals surface area contributed by atoms with Gasteiger partial charge in [0, 0.05) is 0 Å². The molecule has 6 heteroatoms. The Hall–Kier alpha value is -0.850. The van der Waals surface area contributed by atoms with Gasteiger partial charge in [-0.05, 0) is 48.7 Å². The zero-order valence-electron chi connectivity index (χ0n) is 14.9. The number of para-hydroxylation sites is 1. The number of benzene rings is 2. The fourth-order valence-corrected chi connectivity index (χ4v) is 3.06. The molecule has 0 saturated heterocycles. The maximum Gasteiger partial charge on any atom is 1.00 e. The van der Waals surface area contributed by atoms with Crippen LogP contribution in [0.5, 0.6) is 11.5 Å². The molecule has 0 aliphatic rings. The summed E-state index contributed by atoms with van der Waals surface area (Å²) >= 11 is 0. The van der Waals surface area contributed by atoms with Gasteiger partial charge in [-0.1, -0.05) is 50.8 Å². The van der Waals surface area contributed by atoms with Crippen molar-refractivity contribution >= 4 is 10.1 Å². The Kier molecular flexibility index (Phi) is 9.75. The van der Waals surface area contributed by atoms with Crippen LogP contribution in [0.1, 0.15) is 44.6 Å². The normalized spacial score (nSPS) is 11.0. The number of hydrogen-bond acceptors (Lipinski definition) is 4. The van der Waals surface area contributed by atoms with Gasteiger partial charge in [-0.25, -0.2) is 8.42 Å². The van der Waals surface area contributed by atoms with Crippen LogP contribution in [0.25, 0.3) is 0 Å². The molecule has 0 N–H and O–H groups in total. The van der Waals surface area contributed by atoms with Crippen molar-refractivity contribution in [3.8, 4) is 11.5 Å². The van der Waals surface area contributed by atoms with E-state index in [2.05, 4.69) is 6.92 Å². The van der Waals surface area contributed by atoms with Crippen LogP contribution in [0.15, 0.2) is 53.4 Å². The molecule has 0 amide bonds. The average Bonchev–Trinajstić information content (AvgIpc) is 2.56. The molecule has 0 aliphatic carbocycles. The summed E-state index contributed by atoms with van der Waals surface area (Å²) in [5.41, 5.74) is 0.757. The molecule has 0 heterocycles. The predicted molar refractivity (Wildman–Crippen MR) is 93.4 cm³/mol. The number of unbranched alkanes of at least 4 members (excludes halogenated alkanes) is 4. The van der Waals surface area contributed by atoms with Crippen LogP contribution in [0.4, 0.5) is 0 Å². The van der Waals surface area contributed by atoms with Gasteiger partial charge < -0.3 is 9.29 Å². The van der Waals surface area contributed by atoms with Gasteiger partial charge in [0.05, 0.1) is 4.90 Å². The summed E-state index contributed by atoms with van der Waals surface area (Å²) in [6.45, 7) is 2.16. The minimum atomic E-state index is -4.46. The molecule has 2 rings (SSSR count). The molecule has 4 nitrogen and oxygen atoms in total. The van der Waals surface area contributed by atoms with E-state index in [1.165, 1.54) is 25.0 Å². The van der Waals surface area contributed by atoms with Crippen molar-refractivity contribution in [3.05, 3.63) is 54.1 Å². The molecule has 0 bridgehead atoms. The molecule has 0 radical (unpaired) electrons. The van der Waals surface area contributed by atoms with E-state index in [0.29, 0.717) is 17.9 Å². The van der Waals surface area contributed by atoms with Gasteiger partial charge in [0.15, 0.2) is 0 Å². The molecule has 0 aromatic heterocycles. The summed E-state index contributed by atoms with van der Waals surface area (Å²) in [4.78, 5) is -0.202. The van der Waals surface area contributed by atoms with Crippen LogP contribution in [0, 0.1) is 0 Å². The summed E-state index contributed by atoms with van der Waals surface area (Å²) in [5, 5.41) is 0. The van der Waals surface area contributed by atoms with Gasteiger partial charge in [0.2, 0.25) is 0 Å². The smallest absolute Gasteiger partial charge is 0.744 e. The van der Waals surface area contributed by atoms with Crippen molar-refractivity contribution in [1.29, 1.82) is 0 Å². The topological polar surface area (TPSA) is 66.4 Å². The maximum atomic E-state index is 11.3. The van der Waals surface area contributed by atoms with E-state index < -0.39 is 10.1 Å². The third kappa shape index (κ3) is 7.50. The van der Waals surface area contributed by atoms with Crippen molar-refractivity contribution in [2.75, 3.05) is 0 Å². The summed E-state index contributed by atoms with van der Waals surface area (Å²) in [6.07, 6.45) is 6.23. The molecular formula is C19H23NaO4S. The summed E-state index contributed by atoms with van der Waals surface area (Å²) in [5.74, 6) is 1.28. The van der Waals surface area contributed by atoms with Crippen molar-refractivity contribution < 1.29 is 47.3 Å². The average molecular weight is 370 g/mol. The van der Waals surface area contributed by atoms with Gasteiger partial charge in [-0.15, -0.1) is 0 Å². The van der Waals surface area contributed by atoms with Crippen LogP contribution >= 0.6 is 0 Å². The molecule has 0 atom stereocenters. The van der Waals surface area contributed by atoms with Crippen LogP contribution in [0.2, 0.25) is 0 Å². The first-order chi connectivity index (χ1) is 11.5. The molecule has 0 aliphatic heterocycles. The first kappa shape index (κ1) is 22.2. The Morgan fingerprint density at radius 3 is 2.28 bits per heavy atom. The van der Waals surface area contributed by atoms with E-state index in [0.717, 1.165) is 24.8 Å². The van der Waals surface area contributed by atoms with Gasteiger partial charge >= 0.3 is 29.6 Å². The van der Waals surface area contributed by atoms with Crippen LogP contribution in [-0.2, 0) is 16.5 Å². The van der Waals surface area contributed by atoms with Crippen molar-refractivity contribution in [1.82, 2.24) is 0 Å². The first-order valence-corrected chi connectivity index (χ1v) is 9.73. The Morgan fingerprint density at radius 2 is 1.64 bits per heavy atom. The standard InChI is InChI=1S/C19H24O4S.Na/c1-2-3-4-5-7-10-16-15-18(24(20,21)22)13-14-19(16)23-17-11-8-6-9-12-17;/h6,8-9,11-15H,2-5,7,10H2,1H3,(H,20,21,22);/q;+1/p-1. The fourth-order valence-electron chi connectivity index (χ4n) is 2.54. The van der Waals surface area contributed by atoms with Crippen molar-refractivity contribution in [2.24, 2.45) is 0 Å². The zero-order valence-corrected chi connectivity index (χ0v) is 17.7. The second kappa shape index (κ2) is 11.0. The number of rotatable bonds is 9. The summed E-state index contributed by atoms with van der Waals surface area (Å²) in [6, 6.07) is 13.6. The Morgan fingerprint density at radius 1 is 0.960 bits per heavy atom. The SMILES string of the molecule is CCCCCCCc1cc(S(=O)(=O)[O-])ccc1Oc1ccccc1.[Na+]. The Labute approximate surface area is 172 Å². The third-order valence-electron chi connectivity index (χ3n) is 3.84. The maximum absolute atomic E-state index is 11.3. The predicted octanol–water partition coefficient (Wildman–Crippen LogP) is 1.90. The Bertz CT molecular complexity index is 745. The van der Waals surface area contributed by atoms with Crippen molar-refractivity contribution in [2.45, 2.75) is 50.3 Å². The minimum absolute atomic E-state index is 0. The second-order valence-electron chi connectivity index (χ2n) is 5.80. The minimum Gasteiger partial charge on any atom is -0.744 e. The fraction of sp³-hybridized carbons (Fsp3) is 0.368. The second-order valence-corrected chi connectivity index (χ2v) is 7.18. The molecule has 0 spiro atoms. The van der Waals surface area contributed by atoms with E-state index in [-0.39, 0.29) is 34.5 Å². The van der Waals surface area contributed by atoms with Gasteiger partial charge in [-0.2, -0.15) is 0 Å². The van der Waals surface area contributed by atoms with E-state index in [1.54, 1.807) is 6.07 Å². The van der Waals surface area contributed by atoms with Gasteiger partial charge in [0.25, 0.3) is 0 Å². The zero-order chi connectivity index (χ0) is 17.4. The molecule has 25 heavy (non-hydrogen) atoms.